The molecule has 2 aromatic rings. The van der Waals surface area contributed by atoms with Crippen LogP contribution in [0.2, 0.25) is 0 Å². The Morgan fingerprint density at radius 3 is 2.59 bits per heavy atom. The third-order valence-corrected chi connectivity index (χ3v) is 6.50. The first kappa shape index (κ1) is 19.6. The Bertz CT molecular complexity index is 952. The Balaban J connectivity index is 1.48. The number of nitrogens with one attached hydrogen (secondary N) is 2. The second-order valence-corrected chi connectivity index (χ2v) is 8.89. The van der Waals surface area contributed by atoms with Gasteiger partial charge in [-0.25, -0.2) is 13.1 Å². The van der Waals surface area contributed by atoms with Crippen molar-refractivity contribution < 1.29 is 13.2 Å². The van der Waals surface area contributed by atoms with Crippen LogP contribution >= 0.6 is 0 Å². The Kier molecular flexibility index (Phi) is 5.97. The molecule has 2 aromatic carbocycles. The van der Waals surface area contributed by atoms with E-state index in [4.69, 9.17) is 0 Å². The molecule has 0 bridgehead atoms. The van der Waals surface area contributed by atoms with E-state index in [0.717, 1.165) is 24.0 Å². The predicted molar refractivity (Wildman–Crippen MR) is 106 cm³/mol. The summed E-state index contributed by atoms with van der Waals surface area (Å²) in [4.78, 5) is 12.4. The van der Waals surface area contributed by atoms with E-state index in [1.165, 1.54) is 17.5 Å². The predicted octanol–water partition coefficient (Wildman–Crippen LogP) is 2.43. The number of hydrogen-bond donors (Lipinski definition) is 2. The first-order valence-electron chi connectivity index (χ1n) is 9.29. The van der Waals surface area contributed by atoms with E-state index in [0.29, 0.717) is 12.0 Å². The zero-order chi connectivity index (χ0) is 19.4. The molecule has 0 aromatic heterocycles. The van der Waals surface area contributed by atoms with Crippen molar-refractivity contribution in [2.75, 3.05) is 13.1 Å². The van der Waals surface area contributed by atoms with Gasteiger partial charge in [-0.05, 0) is 67.0 Å². The first-order chi connectivity index (χ1) is 12.8. The van der Waals surface area contributed by atoms with E-state index in [2.05, 4.69) is 22.2 Å². The van der Waals surface area contributed by atoms with Gasteiger partial charge in [0, 0.05) is 13.1 Å². The van der Waals surface area contributed by atoms with Crippen LogP contribution in [0.15, 0.2) is 41.3 Å². The Morgan fingerprint density at radius 1 is 1.00 bits per heavy atom. The van der Waals surface area contributed by atoms with Crippen LogP contribution < -0.4 is 10.0 Å². The third-order valence-electron chi connectivity index (χ3n) is 4.90. The number of carbonyl (C=O) groups is 1. The van der Waals surface area contributed by atoms with Gasteiger partial charge in [0.25, 0.3) is 0 Å². The van der Waals surface area contributed by atoms with E-state index in [-0.39, 0.29) is 23.9 Å². The number of fused-ring (bicyclic) bond motifs is 1. The molecule has 0 atom stereocenters. The van der Waals surface area contributed by atoms with Gasteiger partial charge in [0.15, 0.2) is 0 Å². The number of benzene rings is 2. The molecule has 0 heterocycles. The second-order valence-electron chi connectivity index (χ2n) is 7.15. The van der Waals surface area contributed by atoms with Crippen molar-refractivity contribution in [3.05, 3.63) is 64.2 Å². The third kappa shape index (κ3) is 4.96. The average Bonchev–Trinajstić information content (AvgIpc) is 3.08. The molecular formula is C21H26N2O3S. The van der Waals surface area contributed by atoms with Crippen LogP contribution in [0.5, 0.6) is 0 Å². The van der Waals surface area contributed by atoms with Gasteiger partial charge in [0.05, 0.1) is 11.3 Å². The van der Waals surface area contributed by atoms with E-state index in [1.54, 1.807) is 19.1 Å². The summed E-state index contributed by atoms with van der Waals surface area (Å²) in [6.45, 7) is 4.05. The molecule has 0 spiro atoms. The molecule has 1 aliphatic rings. The van der Waals surface area contributed by atoms with Gasteiger partial charge in [-0.15, -0.1) is 0 Å². The second kappa shape index (κ2) is 8.23. The van der Waals surface area contributed by atoms with Gasteiger partial charge in [0.2, 0.25) is 15.9 Å². The summed E-state index contributed by atoms with van der Waals surface area (Å²) in [5.74, 6) is -0.0983. The lowest BCUT2D eigenvalue weighted by atomic mass is 10.0. The highest BCUT2D eigenvalue weighted by Crippen LogP contribution is 2.23. The van der Waals surface area contributed by atoms with E-state index in [9.17, 15) is 13.2 Å². The molecule has 144 valence electrons. The van der Waals surface area contributed by atoms with Crippen molar-refractivity contribution in [1.29, 1.82) is 0 Å². The molecule has 0 saturated heterocycles. The number of amides is 1. The highest BCUT2D eigenvalue weighted by Gasteiger charge is 2.16. The van der Waals surface area contributed by atoms with Crippen molar-refractivity contribution >= 4 is 15.9 Å². The van der Waals surface area contributed by atoms with Crippen molar-refractivity contribution in [1.82, 2.24) is 10.0 Å². The molecule has 1 aliphatic carbocycles. The van der Waals surface area contributed by atoms with Crippen molar-refractivity contribution in [3.63, 3.8) is 0 Å². The molecule has 0 radical (unpaired) electrons. The lowest BCUT2D eigenvalue weighted by molar-refractivity contribution is -0.120. The van der Waals surface area contributed by atoms with Crippen LogP contribution in [0.25, 0.3) is 0 Å². The fourth-order valence-corrected chi connectivity index (χ4v) is 4.80. The topological polar surface area (TPSA) is 75.3 Å². The summed E-state index contributed by atoms with van der Waals surface area (Å²) in [7, 11) is -3.58. The van der Waals surface area contributed by atoms with Gasteiger partial charge >= 0.3 is 0 Å². The van der Waals surface area contributed by atoms with Gasteiger partial charge in [-0.2, -0.15) is 0 Å². The summed E-state index contributed by atoms with van der Waals surface area (Å²) >= 11 is 0. The minimum absolute atomic E-state index is 0.0983. The lowest BCUT2D eigenvalue weighted by Gasteiger charge is -2.11. The van der Waals surface area contributed by atoms with Gasteiger partial charge < -0.3 is 5.32 Å². The fraction of sp³-hybridized carbons (Fsp3) is 0.381. The molecule has 2 N–H and O–H groups in total. The molecular weight excluding hydrogens is 360 g/mol. The highest BCUT2D eigenvalue weighted by molar-refractivity contribution is 7.89. The molecule has 0 saturated carbocycles. The zero-order valence-corrected chi connectivity index (χ0v) is 16.7. The number of rotatable bonds is 7. The summed E-state index contributed by atoms with van der Waals surface area (Å²) in [6, 6.07) is 11.6. The molecule has 0 aliphatic heterocycles. The standard InChI is InChI=1S/C21H26N2O3S/c1-15-6-7-16(2)20(12-15)27(25,26)23-11-10-22-21(24)14-17-8-9-18-4-3-5-19(18)13-17/h6-9,12-13,23H,3-5,10-11,14H2,1-2H3,(H,22,24). The quantitative estimate of drug-likeness (QED) is 0.718. The zero-order valence-electron chi connectivity index (χ0n) is 15.8. The molecule has 1 amide bonds. The summed E-state index contributed by atoms with van der Waals surface area (Å²) in [5.41, 5.74) is 5.34. The van der Waals surface area contributed by atoms with Crippen LogP contribution in [-0.2, 0) is 34.1 Å². The van der Waals surface area contributed by atoms with Crippen molar-refractivity contribution in [2.45, 2.75) is 44.4 Å². The Labute approximate surface area is 161 Å². The number of sulfonamides is 1. The molecule has 3 rings (SSSR count). The van der Waals surface area contributed by atoms with Gasteiger partial charge in [0.1, 0.15) is 0 Å². The Morgan fingerprint density at radius 2 is 1.78 bits per heavy atom. The summed E-state index contributed by atoms with van der Waals surface area (Å²) in [6.07, 6.45) is 3.72. The normalized spacial score (nSPS) is 13.4. The largest absolute Gasteiger partial charge is 0.355 e. The van der Waals surface area contributed by atoms with Crippen LogP contribution in [0.1, 0.15) is 34.2 Å². The fourth-order valence-electron chi connectivity index (χ4n) is 3.44. The monoisotopic (exact) mass is 386 g/mol. The smallest absolute Gasteiger partial charge is 0.240 e. The molecule has 5 nitrogen and oxygen atoms in total. The maximum atomic E-state index is 12.4. The van der Waals surface area contributed by atoms with E-state index < -0.39 is 10.0 Å². The molecule has 0 fully saturated rings. The van der Waals surface area contributed by atoms with E-state index in [1.807, 2.05) is 19.1 Å². The number of carbonyl (C=O) groups excluding carboxylic acids is 1. The minimum Gasteiger partial charge on any atom is -0.355 e. The average molecular weight is 387 g/mol. The lowest BCUT2D eigenvalue weighted by Crippen LogP contribution is -2.35. The van der Waals surface area contributed by atoms with Crippen LogP contribution in [0.3, 0.4) is 0 Å². The summed E-state index contributed by atoms with van der Waals surface area (Å²) in [5, 5.41) is 2.78. The minimum atomic E-state index is -3.58. The van der Waals surface area contributed by atoms with Gasteiger partial charge in [-0.3, -0.25) is 4.79 Å². The van der Waals surface area contributed by atoms with Crippen molar-refractivity contribution in [2.24, 2.45) is 0 Å². The van der Waals surface area contributed by atoms with Crippen LogP contribution in [-0.4, -0.2) is 27.4 Å². The van der Waals surface area contributed by atoms with E-state index >= 15 is 0 Å². The molecule has 6 heteroatoms. The van der Waals surface area contributed by atoms with Gasteiger partial charge in [-0.1, -0.05) is 30.3 Å². The SMILES string of the molecule is Cc1ccc(C)c(S(=O)(=O)NCCNC(=O)Cc2ccc3c(c2)CCC3)c1. The number of hydrogen-bond acceptors (Lipinski definition) is 3. The molecule has 27 heavy (non-hydrogen) atoms. The Hall–Kier alpha value is -2.18. The summed E-state index contributed by atoms with van der Waals surface area (Å²) < 4.78 is 27.4. The van der Waals surface area contributed by atoms with Crippen LogP contribution in [0.4, 0.5) is 0 Å². The van der Waals surface area contributed by atoms with Crippen LogP contribution in [0, 0.1) is 13.8 Å². The number of aryl methyl sites for hydroxylation is 4. The molecule has 0 unspecified atom stereocenters. The first-order valence-corrected chi connectivity index (χ1v) is 10.8. The maximum Gasteiger partial charge on any atom is 0.240 e. The van der Waals surface area contributed by atoms with Crippen molar-refractivity contribution in [3.8, 4) is 0 Å². The highest BCUT2D eigenvalue weighted by atomic mass is 32.2. The maximum absolute atomic E-state index is 12.4.